The van der Waals surface area contributed by atoms with Crippen molar-refractivity contribution in [2.24, 2.45) is 5.41 Å². The predicted molar refractivity (Wildman–Crippen MR) is 167 cm³/mol. The first-order valence-electron chi connectivity index (χ1n) is 14.6. The van der Waals surface area contributed by atoms with Crippen molar-refractivity contribution in [1.29, 1.82) is 5.26 Å². The lowest BCUT2D eigenvalue weighted by Gasteiger charge is -2.27. The normalized spacial score (nSPS) is 15.0. The molecular formula is C35H31F3N4O5. The number of esters is 1. The van der Waals surface area contributed by atoms with E-state index < -0.39 is 35.7 Å². The van der Waals surface area contributed by atoms with E-state index in [1.165, 1.54) is 49.6 Å². The van der Waals surface area contributed by atoms with Gasteiger partial charge in [-0.1, -0.05) is 26.0 Å². The van der Waals surface area contributed by atoms with Crippen LogP contribution in [0, 0.1) is 34.2 Å². The first-order valence-corrected chi connectivity index (χ1v) is 14.6. The number of nitrogens with one attached hydrogen (secondary N) is 2. The van der Waals surface area contributed by atoms with Gasteiger partial charge in [-0.3, -0.25) is 4.79 Å². The fourth-order valence-corrected chi connectivity index (χ4v) is 5.03. The molecule has 4 aromatic rings. The lowest BCUT2D eigenvalue weighted by atomic mass is 9.87. The molecule has 1 fully saturated rings. The van der Waals surface area contributed by atoms with Crippen molar-refractivity contribution < 1.29 is 37.0 Å². The molecule has 0 aliphatic carbocycles. The number of ether oxygens (including phenoxy) is 3. The Morgan fingerprint density at radius 3 is 2.49 bits per heavy atom. The number of hydrogen-bond acceptors (Lipinski definition) is 8. The number of anilines is 2. The Morgan fingerprint density at radius 1 is 1.00 bits per heavy atom. The van der Waals surface area contributed by atoms with Crippen LogP contribution in [0.2, 0.25) is 0 Å². The third kappa shape index (κ3) is 7.70. The highest BCUT2D eigenvalue weighted by molar-refractivity contribution is 5.98. The fraction of sp³-hybridized carbons (Fsp3) is 0.257. The van der Waals surface area contributed by atoms with Crippen molar-refractivity contribution in [3.8, 4) is 23.2 Å². The van der Waals surface area contributed by atoms with Gasteiger partial charge in [0.2, 0.25) is 11.8 Å². The number of benzene rings is 3. The van der Waals surface area contributed by atoms with Gasteiger partial charge in [0.05, 0.1) is 67.1 Å². The van der Waals surface area contributed by atoms with Crippen molar-refractivity contribution in [1.82, 2.24) is 4.98 Å². The maximum atomic E-state index is 15.3. The number of nitrogens with zero attached hydrogens (tertiary/aromatic N) is 2. The smallest absolute Gasteiger partial charge is 0.337 e. The number of carbonyl (C=O) groups excluding carboxylic acids is 2. The van der Waals surface area contributed by atoms with Crippen LogP contribution in [-0.2, 0) is 27.3 Å². The molecular weight excluding hydrogens is 613 g/mol. The number of amides is 1. The summed E-state index contributed by atoms with van der Waals surface area (Å²) in [6.45, 7) is 4.79. The Balaban J connectivity index is 1.30. The largest absolute Gasteiger partial charge is 0.473 e. The average molecular weight is 645 g/mol. The molecule has 47 heavy (non-hydrogen) atoms. The number of rotatable bonds is 10. The van der Waals surface area contributed by atoms with Crippen LogP contribution < -0.4 is 15.4 Å². The van der Waals surface area contributed by atoms with Gasteiger partial charge in [-0.2, -0.15) is 5.26 Å². The maximum absolute atomic E-state index is 15.3. The van der Waals surface area contributed by atoms with Crippen LogP contribution in [0.3, 0.4) is 0 Å². The minimum absolute atomic E-state index is 0.0460. The van der Waals surface area contributed by atoms with E-state index in [0.29, 0.717) is 24.6 Å². The summed E-state index contributed by atoms with van der Waals surface area (Å²) in [7, 11) is 1.26. The first kappa shape index (κ1) is 33.0. The van der Waals surface area contributed by atoms with E-state index in [-0.39, 0.29) is 57.5 Å². The quantitative estimate of drug-likeness (QED) is 0.190. The molecule has 0 spiro atoms. The summed E-state index contributed by atoms with van der Waals surface area (Å²) in [5, 5.41) is 15.0. The number of carbonyl (C=O) groups is 2. The molecule has 0 bridgehead atoms. The topological polar surface area (TPSA) is 123 Å². The summed E-state index contributed by atoms with van der Waals surface area (Å²) in [6.07, 6.45) is -0.480. The Morgan fingerprint density at radius 2 is 1.79 bits per heavy atom. The molecule has 2 N–H and O–H groups in total. The molecule has 1 atom stereocenters. The van der Waals surface area contributed by atoms with E-state index in [9.17, 15) is 14.0 Å². The van der Waals surface area contributed by atoms with Gasteiger partial charge in [0.1, 0.15) is 24.1 Å². The van der Waals surface area contributed by atoms with Gasteiger partial charge < -0.3 is 24.8 Å². The van der Waals surface area contributed by atoms with Crippen molar-refractivity contribution in [2.45, 2.75) is 32.9 Å². The Bertz CT molecular complexity index is 1870. The highest BCUT2D eigenvalue weighted by atomic mass is 19.1. The Labute approximate surface area is 269 Å². The zero-order valence-electron chi connectivity index (χ0n) is 25.8. The summed E-state index contributed by atoms with van der Waals surface area (Å²) >= 11 is 0. The fourth-order valence-electron chi connectivity index (χ4n) is 5.03. The second kappa shape index (κ2) is 13.9. The van der Waals surface area contributed by atoms with Crippen LogP contribution in [0.1, 0.15) is 40.9 Å². The Kier molecular flexibility index (Phi) is 9.77. The van der Waals surface area contributed by atoms with Gasteiger partial charge in [-0.05, 0) is 48.5 Å². The standard InChI is InChI=1S/C35H31F3N4O5/c1-35(2)19-46-18-31(35)40-30-13-21(34(44)45-3)9-10-29(30)41-32(43)14-23-12-27(38)24(15-26(23)37)28-5-4-6-33(42-28)47-17-22-8-7-20(16-39)11-25(22)36/h4-13,15,31,40H,14,17-19H2,1-3H3,(H,41,43)/t31-/m1/s1. The van der Waals surface area contributed by atoms with Gasteiger partial charge in [0.25, 0.3) is 0 Å². The summed E-state index contributed by atoms with van der Waals surface area (Å²) in [4.78, 5) is 29.5. The molecule has 9 nitrogen and oxygen atoms in total. The highest BCUT2D eigenvalue weighted by Crippen LogP contribution is 2.33. The molecule has 1 aromatic heterocycles. The van der Waals surface area contributed by atoms with Crippen molar-refractivity contribution >= 4 is 23.3 Å². The van der Waals surface area contributed by atoms with Crippen molar-refractivity contribution in [3.05, 3.63) is 106 Å². The zero-order valence-corrected chi connectivity index (χ0v) is 25.8. The van der Waals surface area contributed by atoms with Crippen LogP contribution in [-0.4, -0.2) is 43.2 Å². The van der Waals surface area contributed by atoms with E-state index in [1.807, 2.05) is 19.9 Å². The number of pyridine rings is 1. The molecule has 2 heterocycles. The number of halogens is 3. The van der Waals surface area contributed by atoms with E-state index in [2.05, 4.69) is 15.6 Å². The monoisotopic (exact) mass is 644 g/mol. The summed E-state index contributed by atoms with van der Waals surface area (Å²) in [5.41, 5.74) is 0.898. The highest BCUT2D eigenvalue weighted by Gasteiger charge is 2.36. The van der Waals surface area contributed by atoms with Crippen LogP contribution in [0.25, 0.3) is 11.3 Å². The van der Waals surface area contributed by atoms with Crippen LogP contribution in [0.5, 0.6) is 5.88 Å². The average Bonchev–Trinajstić information content (AvgIpc) is 3.39. The van der Waals surface area contributed by atoms with Crippen LogP contribution >= 0.6 is 0 Å². The van der Waals surface area contributed by atoms with E-state index in [4.69, 9.17) is 19.5 Å². The minimum atomic E-state index is -0.825. The van der Waals surface area contributed by atoms with E-state index in [0.717, 1.165) is 18.2 Å². The molecule has 1 aliphatic rings. The molecule has 0 radical (unpaired) electrons. The zero-order chi connectivity index (χ0) is 33.7. The molecule has 1 saturated heterocycles. The van der Waals surface area contributed by atoms with Gasteiger partial charge in [0.15, 0.2) is 0 Å². The summed E-state index contributed by atoms with van der Waals surface area (Å²) in [5.74, 6) is -3.39. The van der Waals surface area contributed by atoms with Crippen molar-refractivity contribution in [3.63, 3.8) is 0 Å². The van der Waals surface area contributed by atoms with Crippen LogP contribution in [0.4, 0.5) is 24.5 Å². The Hall–Kier alpha value is -5.41. The number of hydrogen-bond donors (Lipinski definition) is 2. The molecule has 1 amide bonds. The van der Waals surface area contributed by atoms with Gasteiger partial charge in [0, 0.05) is 28.2 Å². The third-order valence-electron chi connectivity index (χ3n) is 7.79. The van der Waals surface area contributed by atoms with Crippen molar-refractivity contribution in [2.75, 3.05) is 31.0 Å². The second-order valence-electron chi connectivity index (χ2n) is 11.7. The van der Waals surface area contributed by atoms with Gasteiger partial charge in [-0.25, -0.2) is 22.9 Å². The summed E-state index contributed by atoms with van der Waals surface area (Å²) < 4.78 is 60.8. The second-order valence-corrected chi connectivity index (χ2v) is 11.7. The van der Waals surface area contributed by atoms with E-state index in [1.54, 1.807) is 6.07 Å². The van der Waals surface area contributed by atoms with Crippen LogP contribution in [0.15, 0.2) is 66.7 Å². The predicted octanol–water partition coefficient (Wildman–Crippen LogP) is 6.42. The lowest BCUT2D eigenvalue weighted by Crippen LogP contribution is -2.35. The molecule has 12 heteroatoms. The first-order chi connectivity index (χ1) is 22.5. The molecule has 1 aliphatic heterocycles. The molecule has 242 valence electrons. The molecule has 0 saturated carbocycles. The number of nitriles is 1. The number of aromatic nitrogens is 1. The van der Waals surface area contributed by atoms with Gasteiger partial charge in [-0.15, -0.1) is 0 Å². The lowest BCUT2D eigenvalue weighted by molar-refractivity contribution is -0.115. The summed E-state index contributed by atoms with van der Waals surface area (Å²) in [6, 6.07) is 16.6. The number of methoxy groups -OCH3 is 1. The van der Waals surface area contributed by atoms with Gasteiger partial charge >= 0.3 is 5.97 Å². The third-order valence-corrected chi connectivity index (χ3v) is 7.79. The molecule has 3 aromatic carbocycles. The molecule has 0 unspecified atom stereocenters. The molecule has 5 rings (SSSR count). The van der Waals surface area contributed by atoms with E-state index >= 15 is 8.78 Å². The minimum Gasteiger partial charge on any atom is -0.473 e. The maximum Gasteiger partial charge on any atom is 0.337 e. The SMILES string of the molecule is COC(=O)c1ccc(NC(=O)Cc2cc(F)c(-c3cccc(OCc4ccc(C#N)cc4F)n3)cc2F)c(N[C@@H]2COCC2(C)C)c1.